The Balaban J connectivity index is 0.000000157. The molecular weight excluding hydrogens is 901 g/mol. The Kier molecular flexibility index (Phi) is 11.6. The molecule has 2 N–H and O–H groups in total. The van der Waals surface area contributed by atoms with Crippen LogP contribution in [-0.4, -0.2) is 98.2 Å². The van der Waals surface area contributed by atoms with Gasteiger partial charge in [0.05, 0.1) is 54.1 Å². The summed E-state index contributed by atoms with van der Waals surface area (Å²) in [5.74, 6) is 0.0813. The molecule has 0 radical (unpaired) electrons. The van der Waals surface area contributed by atoms with Crippen LogP contribution >= 0.6 is 0 Å². The van der Waals surface area contributed by atoms with Crippen molar-refractivity contribution in [1.82, 2.24) is 42.9 Å². The van der Waals surface area contributed by atoms with E-state index in [0.29, 0.717) is 79.8 Å². The Morgan fingerprint density at radius 2 is 1.24 bits per heavy atom. The van der Waals surface area contributed by atoms with Crippen LogP contribution in [0.2, 0.25) is 0 Å². The fraction of sp³-hybridized carbons (Fsp3) is 0.435. The monoisotopic (exact) mass is 952 g/mol. The molecule has 21 heteroatoms. The second kappa shape index (κ2) is 17.4. The van der Waals surface area contributed by atoms with Crippen LogP contribution in [0, 0.1) is 31.6 Å². The van der Waals surface area contributed by atoms with Gasteiger partial charge in [0.15, 0.2) is 34.3 Å². The minimum Gasteiger partial charge on any atom is -0.347 e. The van der Waals surface area contributed by atoms with Gasteiger partial charge < -0.3 is 18.9 Å². The summed E-state index contributed by atoms with van der Waals surface area (Å²) in [6.07, 6.45) is 10.5. The number of benzene rings is 2. The first-order valence-electron chi connectivity index (χ1n) is 22.5. The highest BCUT2D eigenvalue weighted by molar-refractivity contribution is 7.90. The lowest BCUT2D eigenvalue weighted by molar-refractivity contribution is -0.156. The molecule has 11 rings (SSSR count). The predicted octanol–water partition coefficient (Wildman–Crippen LogP) is 5.87. The molecule has 2 saturated heterocycles. The maximum absolute atomic E-state index is 13.4. The molecule has 0 bridgehead atoms. The average molecular weight is 953 g/mol. The van der Waals surface area contributed by atoms with Crippen LogP contribution in [0.15, 0.2) is 95.2 Å². The molecule has 2 aromatic carbocycles. The summed E-state index contributed by atoms with van der Waals surface area (Å²) in [5.41, 5.74) is 9.67. The fourth-order valence-electron chi connectivity index (χ4n) is 10.1. The van der Waals surface area contributed by atoms with Gasteiger partial charge in [0, 0.05) is 49.9 Å². The van der Waals surface area contributed by atoms with E-state index in [1.54, 1.807) is 73.1 Å². The van der Waals surface area contributed by atoms with Crippen LogP contribution < -0.4 is 10.9 Å². The largest absolute Gasteiger partial charge is 0.347 e. The van der Waals surface area contributed by atoms with Crippen molar-refractivity contribution in [1.29, 1.82) is 0 Å². The third kappa shape index (κ3) is 8.14. The summed E-state index contributed by atoms with van der Waals surface area (Å²) in [5, 5.41) is 8.87. The topological polar surface area (TPSA) is 225 Å². The second-order valence-corrected chi connectivity index (χ2v) is 21.4. The van der Waals surface area contributed by atoms with Gasteiger partial charge in [0.25, 0.3) is 20.0 Å². The van der Waals surface area contributed by atoms with Gasteiger partial charge in [-0.05, 0) is 62.1 Å². The molecule has 2 saturated carbocycles. The number of hydrogen-bond acceptors (Lipinski definition) is 15. The van der Waals surface area contributed by atoms with Crippen molar-refractivity contribution in [3.8, 4) is 0 Å². The number of fused-ring (bicyclic) bond motifs is 4. The molecule has 19 nitrogen and oxygen atoms in total. The molecule has 67 heavy (non-hydrogen) atoms. The number of amides is 1. The van der Waals surface area contributed by atoms with Crippen LogP contribution in [-0.2, 0) is 43.8 Å². The van der Waals surface area contributed by atoms with Gasteiger partial charge in [-0.15, -0.1) is 10.2 Å². The zero-order valence-electron chi connectivity index (χ0n) is 37.5. The van der Waals surface area contributed by atoms with Crippen LogP contribution in [0.25, 0.3) is 28.0 Å². The van der Waals surface area contributed by atoms with Crippen molar-refractivity contribution < 1.29 is 40.6 Å². The van der Waals surface area contributed by atoms with Crippen LogP contribution in [0.3, 0.4) is 0 Å². The van der Waals surface area contributed by atoms with E-state index >= 15 is 0 Å². The van der Waals surface area contributed by atoms with Crippen molar-refractivity contribution >= 4 is 59.7 Å². The highest BCUT2D eigenvalue weighted by atomic mass is 32.2. The Bertz CT molecular complexity index is 3200. The van der Waals surface area contributed by atoms with Crippen molar-refractivity contribution in [3.63, 3.8) is 0 Å². The lowest BCUT2D eigenvalue weighted by Gasteiger charge is -2.21. The highest BCUT2D eigenvalue weighted by Gasteiger charge is 2.52. The summed E-state index contributed by atoms with van der Waals surface area (Å²) >= 11 is 0. The zero-order valence-corrected chi connectivity index (χ0v) is 39.2. The van der Waals surface area contributed by atoms with E-state index in [4.69, 9.17) is 18.9 Å². The normalized spacial score (nSPS) is 22.3. The molecule has 4 aliphatic rings. The number of ether oxygens (including phenoxy) is 4. The van der Waals surface area contributed by atoms with Crippen LogP contribution in [0.5, 0.6) is 0 Å². The van der Waals surface area contributed by atoms with Gasteiger partial charge in [-0.3, -0.25) is 20.0 Å². The Labute approximate surface area is 387 Å². The van der Waals surface area contributed by atoms with Gasteiger partial charge in [-0.2, -0.15) is 0 Å². The zero-order chi connectivity index (χ0) is 46.7. The number of rotatable bonds is 10. The lowest BCUT2D eigenvalue weighted by Crippen LogP contribution is -2.37. The first kappa shape index (κ1) is 45.0. The molecule has 4 atom stereocenters. The van der Waals surface area contributed by atoms with Gasteiger partial charge in [-0.25, -0.2) is 39.7 Å². The summed E-state index contributed by atoms with van der Waals surface area (Å²) in [6.45, 7) is 10.4. The lowest BCUT2D eigenvalue weighted by atomic mass is 9.93. The van der Waals surface area contributed by atoms with Gasteiger partial charge in [0.1, 0.15) is 11.3 Å². The molecule has 4 unspecified atom stereocenters. The highest BCUT2D eigenvalue weighted by Crippen LogP contribution is 2.50. The van der Waals surface area contributed by atoms with Gasteiger partial charge >= 0.3 is 0 Å². The molecule has 2 aliphatic carbocycles. The Morgan fingerprint density at radius 1 is 0.687 bits per heavy atom. The third-order valence-electron chi connectivity index (χ3n) is 13.6. The quantitative estimate of drug-likeness (QED) is 0.153. The molecule has 352 valence electrons. The minimum absolute atomic E-state index is 0.0887. The minimum atomic E-state index is -3.81. The van der Waals surface area contributed by atoms with Crippen molar-refractivity contribution in [3.05, 3.63) is 102 Å². The Morgan fingerprint density at radius 3 is 1.85 bits per heavy atom. The maximum Gasteiger partial charge on any atom is 0.269 e. The summed E-state index contributed by atoms with van der Waals surface area (Å²) in [7, 11) is -7.60. The second-order valence-electron chi connectivity index (χ2n) is 17.7. The van der Waals surface area contributed by atoms with E-state index in [2.05, 4.69) is 49.8 Å². The number of anilines is 1. The average Bonchev–Trinajstić information content (AvgIpc) is 4.20. The predicted molar refractivity (Wildman–Crippen MR) is 245 cm³/mol. The Hall–Kier alpha value is -5.84. The van der Waals surface area contributed by atoms with E-state index in [9.17, 15) is 21.6 Å². The molecule has 2 spiro atoms. The van der Waals surface area contributed by atoms with E-state index in [0.717, 1.165) is 40.2 Å². The summed E-state index contributed by atoms with van der Waals surface area (Å²) in [4.78, 5) is 26.4. The third-order valence-corrected chi connectivity index (χ3v) is 16.9. The van der Waals surface area contributed by atoms with Crippen molar-refractivity contribution in [2.75, 3.05) is 31.9 Å². The van der Waals surface area contributed by atoms with E-state index in [-0.39, 0.29) is 39.1 Å². The van der Waals surface area contributed by atoms with Gasteiger partial charge in [-0.1, -0.05) is 62.1 Å². The standard InChI is InChI=1S/C23H27N5O5S.C23H25N5O4S/c1-3-16-12-23(32-10-11-33-23)13-18(16)22(29)27-26-20-14-24-21-19(25-20)8-9-28(21)34(30,31)17-6-4-15(2)5-7-17;1-3-16-12-23(31-10-11-32-23)13-18(16)21-26-25-20-14-24-22-19(28(20)21)8-9-27(22)33(29,30)17-6-4-15(2)5-7-17/h4-9,14,16,18H,3,10-13H2,1-2H3,(H,25,26)(H,27,29);4-9,14,16,18H,3,10-13H2,1-2H3. The molecule has 1 amide bonds. The van der Waals surface area contributed by atoms with Crippen LogP contribution in [0.1, 0.15) is 75.2 Å². The number of nitrogens with one attached hydrogen (secondary N) is 2. The molecule has 7 aromatic rings. The van der Waals surface area contributed by atoms with Crippen molar-refractivity contribution in [2.45, 2.75) is 93.5 Å². The van der Waals surface area contributed by atoms with Crippen molar-refractivity contribution in [2.24, 2.45) is 17.8 Å². The first-order chi connectivity index (χ1) is 32.2. The molecule has 4 fully saturated rings. The number of carbonyl (C=O) groups excluding carboxylic acids is 1. The van der Waals surface area contributed by atoms with E-state index in [1.807, 2.05) is 18.2 Å². The fourth-order valence-corrected chi connectivity index (χ4v) is 12.7. The molecule has 7 heterocycles. The number of aromatic nitrogens is 8. The van der Waals surface area contributed by atoms with Gasteiger partial charge in [0.2, 0.25) is 5.91 Å². The number of carbonyl (C=O) groups is 1. The number of nitrogens with zero attached hydrogens (tertiary/aromatic N) is 8. The number of hydrogen-bond donors (Lipinski definition) is 2. The molecular formula is C46H52N10O9S2. The summed E-state index contributed by atoms with van der Waals surface area (Å²) in [6, 6.07) is 16.8. The first-order valence-corrected chi connectivity index (χ1v) is 25.4. The van der Waals surface area contributed by atoms with E-state index in [1.165, 1.54) is 16.4 Å². The molecule has 2 aliphatic heterocycles. The van der Waals surface area contributed by atoms with E-state index < -0.39 is 31.6 Å². The maximum atomic E-state index is 13.4. The number of hydrazine groups is 1. The number of aryl methyl sites for hydroxylation is 2. The van der Waals surface area contributed by atoms with Crippen LogP contribution in [0.4, 0.5) is 5.82 Å². The summed E-state index contributed by atoms with van der Waals surface area (Å²) < 4.78 is 80.6. The molecule has 5 aromatic heterocycles. The SMILES string of the molecule is CCC1CC2(CC1C(=O)NNc1cnc3c(ccn3S(=O)(=O)c3ccc(C)cc3)n1)OCCO2.CCC1CC2(CC1c1nnc3cnc4c(ccn4S(=O)(=O)c4ccc(C)cc4)n13)OCCO2. The smallest absolute Gasteiger partial charge is 0.269 e.